The van der Waals surface area contributed by atoms with E-state index in [1.165, 1.54) is 18.5 Å². The van der Waals surface area contributed by atoms with E-state index in [1.807, 2.05) is 0 Å². The summed E-state index contributed by atoms with van der Waals surface area (Å²) in [6, 6.07) is 7.05. The van der Waals surface area contributed by atoms with Crippen LogP contribution in [0, 0.1) is 0 Å². The molecule has 6 nitrogen and oxygen atoms in total. The Morgan fingerprint density at radius 2 is 1.67 bits per heavy atom. The molecule has 0 unspecified atom stereocenters. The lowest BCUT2D eigenvalue weighted by atomic mass is 9.95. The number of fused-ring (bicyclic) bond motifs is 1. The molecule has 2 aromatic rings. The molecule has 1 aliphatic rings. The van der Waals surface area contributed by atoms with Crippen molar-refractivity contribution in [3.05, 3.63) is 59.6 Å². The van der Waals surface area contributed by atoms with Crippen LogP contribution in [0.2, 0.25) is 0 Å². The van der Waals surface area contributed by atoms with Gasteiger partial charge in [0.1, 0.15) is 5.75 Å². The normalized spacial score (nSPS) is 13.5. The molecule has 0 atom stereocenters. The van der Waals surface area contributed by atoms with E-state index in [2.05, 4.69) is 15.5 Å². The maximum atomic E-state index is 12.3. The lowest BCUT2D eigenvalue weighted by Gasteiger charge is -2.15. The molecule has 104 valence electrons. The van der Waals surface area contributed by atoms with Gasteiger partial charge in [0, 0.05) is 11.8 Å². The molecule has 0 radical (unpaired) electrons. The molecule has 1 aromatic heterocycles. The van der Waals surface area contributed by atoms with Gasteiger partial charge < -0.3 is 10.1 Å². The summed E-state index contributed by atoms with van der Waals surface area (Å²) in [4.78, 5) is 24.3. The fraction of sp³-hybridized carbons (Fsp3) is 0.0667. The zero-order valence-electron chi connectivity index (χ0n) is 11.2. The summed E-state index contributed by atoms with van der Waals surface area (Å²) in [5.41, 5.74) is 1.43. The molecule has 0 saturated carbocycles. The van der Waals surface area contributed by atoms with Crippen molar-refractivity contribution in [2.24, 2.45) is 0 Å². The molecule has 1 aromatic carbocycles. The number of rotatable bonds is 3. The lowest BCUT2D eigenvalue weighted by molar-refractivity contribution is 0.0984. The van der Waals surface area contributed by atoms with Crippen molar-refractivity contribution in [3.8, 4) is 5.75 Å². The zero-order chi connectivity index (χ0) is 14.8. The maximum Gasteiger partial charge on any atom is 0.211 e. The number of carbonyl (C=O) groups is 2. The Morgan fingerprint density at radius 1 is 1.00 bits per heavy atom. The van der Waals surface area contributed by atoms with Gasteiger partial charge in [-0.05, 0) is 24.3 Å². The molecule has 0 amide bonds. The number of nitrogens with one attached hydrogen (secondary N) is 1. The molecule has 0 fully saturated rings. The number of methoxy groups -OCH3 is 1. The van der Waals surface area contributed by atoms with Crippen LogP contribution in [0.5, 0.6) is 5.75 Å². The Kier molecular flexibility index (Phi) is 3.19. The number of anilines is 1. The van der Waals surface area contributed by atoms with Crippen molar-refractivity contribution >= 4 is 17.3 Å². The minimum Gasteiger partial charge on any atom is -0.497 e. The quantitative estimate of drug-likeness (QED) is 0.924. The minimum absolute atomic E-state index is 0.214. The highest BCUT2D eigenvalue weighted by Gasteiger charge is 2.26. The number of carbonyl (C=O) groups excluding carboxylic acids is 2. The first-order valence-electron chi connectivity index (χ1n) is 6.21. The van der Waals surface area contributed by atoms with Gasteiger partial charge in [0.15, 0.2) is 5.78 Å². The van der Waals surface area contributed by atoms with Crippen molar-refractivity contribution in [3.63, 3.8) is 0 Å². The largest absolute Gasteiger partial charge is 0.497 e. The second kappa shape index (κ2) is 5.16. The third kappa shape index (κ3) is 2.38. The van der Waals surface area contributed by atoms with Crippen LogP contribution in [0.4, 0.5) is 5.69 Å². The van der Waals surface area contributed by atoms with E-state index >= 15 is 0 Å². The fourth-order valence-corrected chi connectivity index (χ4v) is 2.04. The van der Waals surface area contributed by atoms with Gasteiger partial charge >= 0.3 is 0 Å². The molecule has 0 saturated heterocycles. The molecular formula is C15H11N3O3. The van der Waals surface area contributed by atoms with E-state index < -0.39 is 0 Å². The Morgan fingerprint density at radius 3 is 2.33 bits per heavy atom. The topological polar surface area (TPSA) is 81.2 Å². The number of allylic oxidation sites excluding steroid dienone is 2. The second-order valence-corrected chi connectivity index (χ2v) is 4.42. The van der Waals surface area contributed by atoms with Gasteiger partial charge in [-0.15, -0.1) is 0 Å². The summed E-state index contributed by atoms with van der Waals surface area (Å²) < 4.78 is 5.07. The maximum absolute atomic E-state index is 12.3. The summed E-state index contributed by atoms with van der Waals surface area (Å²) in [5, 5.41) is 10.2. The average molecular weight is 281 g/mol. The molecule has 1 aliphatic carbocycles. The van der Waals surface area contributed by atoms with Gasteiger partial charge in [0.05, 0.1) is 36.3 Å². The Hall–Kier alpha value is -3.02. The van der Waals surface area contributed by atoms with Crippen molar-refractivity contribution in [2.75, 3.05) is 12.4 Å². The van der Waals surface area contributed by atoms with Gasteiger partial charge in [-0.1, -0.05) is 0 Å². The number of ketones is 2. The van der Waals surface area contributed by atoms with Gasteiger partial charge in [-0.2, -0.15) is 10.2 Å². The molecule has 0 spiro atoms. The van der Waals surface area contributed by atoms with Gasteiger partial charge in [0.25, 0.3) is 0 Å². The smallest absolute Gasteiger partial charge is 0.211 e. The van der Waals surface area contributed by atoms with Crippen molar-refractivity contribution in [2.45, 2.75) is 0 Å². The van der Waals surface area contributed by atoms with Gasteiger partial charge in [0.2, 0.25) is 5.78 Å². The predicted molar refractivity (Wildman–Crippen MR) is 75.4 cm³/mol. The highest BCUT2D eigenvalue weighted by atomic mass is 16.5. The number of ether oxygens (including phenoxy) is 1. The first kappa shape index (κ1) is 13.0. The molecule has 0 bridgehead atoms. The molecule has 1 N–H and O–H groups in total. The lowest BCUT2D eigenvalue weighted by Crippen LogP contribution is -2.22. The number of nitrogens with zero attached hydrogens (tertiary/aromatic N) is 2. The number of hydrogen-bond donors (Lipinski definition) is 1. The van der Waals surface area contributed by atoms with Crippen LogP contribution in [-0.4, -0.2) is 28.9 Å². The van der Waals surface area contributed by atoms with Gasteiger partial charge in [-0.3, -0.25) is 9.59 Å². The molecule has 3 rings (SSSR count). The molecule has 21 heavy (non-hydrogen) atoms. The van der Waals surface area contributed by atoms with Crippen LogP contribution < -0.4 is 10.1 Å². The first-order chi connectivity index (χ1) is 10.2. The van der Waals surface area contributed by atoms with Crippen molar-refractivity contribution in [1.82, 2.24) is 10.2 Å². The molecule has 1 heterocycles. The Balaban J connectivity index is 1.89. The Bertz CT molecular complexity index is 751. The van der Waals surface area contributed by atoms with E-state index in [9.17, 15) is 9.59 Å². The Labute approximate surface area is 120 Å². The highest BCUT2D eigenvalue weighted by molar-refractivity contribution is 6.25. The van der Waals surface area contributed by atoms with Crippen LogP contribution in [0.25, 0.3) is 0 Å². The van der Waals surface area contributed by atoms with E-state index in [4.69, 9.17) is 4.74 Å². The molecular weight excluding hydrogens is 270 g/mol. The van der Waals surface area contributed by atoms with Crippen LogP contribution in [0.15, 0.2) is 48.4 Å². The monoisotopic (exact) mass is 281 g/mol. The van der Waals surface area contributed by atoms with Gasteiger partial charge in [-0.25, -0.2) is 0 Å². The number of Topliss-reactive ketones (excluding diaryl/α,β-unsaturated/α-hetero) is 1. The van der Waals surface area contributed by atoms with Crippen molar-refractivity contribution < 1.29 is 14.3 Å². The van der Waals surface area contributed by atoms with Crippen molar-refractivity contribution in [1.29, 1.82) is 0 Å². The van der Waals surface area contributed by atoms with E-state index in [0.717, 1.165) is 0 Å². The van der Waals surface area contributed by atoms with E-state index in [-0.39, 0.29) is 28.4 Å². The minimum atomic E-state index is -0.282. The van der Waals surface area contributed by atoms with E-state index in [1.54, 1.807) is 31.4 Å². The summed E-state index contributed by atoms with van der Waals surface area (Å²) in [6.07, 6.45) is 3.88. The SMILES string of the molecule is COc1ccc(NC2=CC(=O)c3cnncc3C2=O)cc1. The van der Waals surface area contributed by atoms with E-state index in [0.29, 0.717) is 11.4 Å². The third-order valence-corrected chi connectivity index (χ3v) is 3.13. The second-order valence-electron chi connectivity index (χ2n) is 4.42. The van der Waals surface area contributed by atoms with Crippen LogP contribution in [0.3, 0.4) is 0 Å². The standard InChI is InChI=1S/C15H11N3O3/c1-21-10-4-2-9(3-5-10)18-13-6-14(19)11-7-16-17-8-12(11)15(13)20/h2-8,18H,1H3. The summed E-state index contributed by atoms with van der Waals surface area (Å²) >= 11 is 0. The zero-order valence-corrected chi connectivity index (χ0v) is 11.2. The fourth-order valence-electron chi connectivity index (χ4n) is 2.04. The third-order valence-electron chi connectivity index (χ3n) is 3.13. The number of hydrogen-bond acceptors (Lipinski definition) is 6. The predicted octanol–water partition coefficient (Wildman–Crippen LogP) is 1.86. The summed E-state index contributed by atoms with van der Waals surface area (Å²) in [5.74, 6) is 0.159. The average Bonchev–Trinajstić information content (AvgIpc) is 2.53. The highest BCUT2D eigenvalue weighted by Crippen LogP contribution is 2.22. The summed E-state index contributed by atoms with van der Waals surface area (Å²) in [7, 11) is 1.58. The van der Waals surface area contributed by atoms with Crippen LogP contribution in [-0.2, 0) is 0 Å². The first-order valence-corrected chi connectivity index (χ1v) is 6.21. The number of benzene rings is 1. The summed E-state index contributed by atoms with van der Waals surface area (Å²) in [6.45, 7) is 0. The van der Waals surface area contributed by atoms with Crippen LogP contribution in [0.1, 0.15) is 20.7 Å². The molecule has 6 heteroatoms. The van der Waals surface area contributed by atoms with Crippen LogP contribution >= 0.6 is 0 Å². The number of aromatic nitrogens is 2. The molecule has 0 aliphatic heterocycles.